The van der Waals surface area contributed by atoms with Crippen molar-refractivity contribution in [2.75, 3.05) is 11.8 Å². The molecule has 0 rings (SSSR count). The SMILES string of the molecule is C[Si](CCCl)CC[Si](C)CCCl. The fraction of sp³-hybridized carbons (Fsp3) is 1.00. The first-order chi connectivity index (χ1) is 5.70. The van der Waals surface area contributed by atoms with E-state index in [1.54, 1.807) is 0 Å². The van der Waals surface area contributed by atoms with Gasteiger partial charge >= 0.3 is 0 Å². The lowest BCUT2D eigenvalue weighted by molar-refractivity contribution is 1.26. The second kappa shape index (κ2) is 8.60. The molecule has 0 aromatic rings. The third kappa shape index (κ3) is 7.65. The quantitative estimate of drug-likeness (QED) is 0.471. The van der Waals surface area contributed by atoms with E-state index in [1.807, 2.05) is 0 Å². The molecule has 0 spiro atoms. The monoisotopic (exact) mass is 240 g/mol. The summed E-state index contributed by atoms with van der Waals surface area (Å²) < 4.78 is 0. The van der Waals surface area contributed by atoms with Crippen molar-refractivity contribution in [3.8, 4) is 0 Å². The Labute approximate surface area is 89.9 Å². The van der Waals surface area contributed by atoms with Crippen LogP contribution in [-0.2, 0) is 0 Å². The van der Waals surface area contributed by atoms with E-state index in [-0.39, 0.29) is 17.6 Å². The van der Waals surface area contributed by atoms with E-state index in [9.17, 15) is 0 Å². The molecule has 0 aliphatic rings. The minimum atomic E-state index is -0.103. The van der Waals surface area contributed by atoms with Crippen LogP contribution >= 0.6 is 23.2 Å². The van der Waals surface area contributed by atoms with Crippen molar-refractivity contribution in [1.82, 2.24) is 0 Å². The molecule has 12 heavy (non-hydrogen) atoms. The standard InChI is InChI=1S/C8H18Cl2Si2/c1-11(5-3-9)7-8-12(2)6-4-10/h3-8H2,1-2H3. The molecule has 0 saturated heterocycles. The minimum absolute atomic E-state index is 0.103. The summed E-state index contributed by atoms with van der Waals surface area (Å²) in [5.41, 5.74) is 0. The minimum Gasteiger partial charge on any atom is -0.127 e. The maximum Gasteiger partial charge on any atom is 0.0455 e. The van der Waals surface area contributed by atoms with E-state index in [2.05, 4.69) is 13.1 Å². The Morgan fingerprint density at radius 1 is 0.750 bits per heavy atom. The summed E-state index contributed by atoms with van der Waals surface area (Å²) in [4.78, 5) is 0. The van der Waals surface area contributed by atoms with Crippen molar-refractivity contribution < 1.29 is 0 Å². The van der Waals surface area contributed by atoms with Gasteiger partial charge in [0, 0.05) is 29.4 Å². The summed E-state index contributed by atoms with van der Waals surface area (Å²) in [5, 5.41) is 0. The summed E-state index contributed by atoms with van der Waals surface area (Å²) in [6.07, 6.45) is 0. The first-order valence-corrected chi connectivity index (χ1v) is 10.3. The van der Waals surface area contributed by atoms with Crippen LogP contribution in [0, 0.1) is 0 Å². The summed E-state index contributed by atoms with van der Waals surface area (Å²) in [5.74, 6) is 1.71. The van der Waals surface area contributed by atoms with Gasteiger partial charge in [0.25, 0.3) is 0 Å². The fourth-order valence-electron chi connectivity index (χ4n) is 0.999. The molecule has 0 amide bonds. The van der Waals surface area contributed by atoms with Crippen molar-refractivity contribution in [3.63, 3.8) is 0 Å². The van der Waals surface area contributed by atoms with Gasteiger partial charge in [0.15, 0.2) is 0 Å². The zero-order valence-electron chi connectivity index (χ0n) is 8.00. The lowest BCUT2D eigenvalue weighted by Gasteiger charge is -2.10. The van der Waals surface area contributed by atoms with Crippen molar-refractivity contribution in [2.24, 2.45) is 0 Å². The van der Waals surface area contributed by atoms with Gasteiger partial charge in [-0.05, 0) is 12.1 Å². The molecule has 0 bridgehead atoms. The molecule has 0 N–H and O–H groups in total. The molecule has 0 aromatic carbocycles. The number of hydrogen-bond donors (Lipinski definition) is 0. The highest BCUT2D eigenvalue weighted by Crippen LogP contribution is 2.10. The lowest BCUT2D eigenvalue weighted by atomic mass is 10.9. The Balaban J connectivity index is 3.27. The third-order valence-corrected chi connectivity index (χ3v) is 7.95. The molecule has 0 nitrogen and oxygen atoms in total. The van der Waals surface area contributed by atoms with Gasteiger partial charge in [-0.1, -0.05) is 25.2 Å². The molecule has 2 radical (unpaired) electrons. The molecule has 0 fully saturated rings. The van der Waals surface area contributed by atoms with Crippen molar-refractivity contribution in [1.29, 1.82) is 0 Å². The molecule has 0 aliphatic heterocycles. The van der Waals surface area contributed by atoms with E-state index < -0.39 is 0 Å². The second-order valence-corrected chi connectivity index (χ2v) is 9.88. The van der Waals surface area contributed by atoms with Crippen LogP contribution in [0.5, 0.6) is 0 Å². The summed E-state index contributed by atoms with van der Waals surface area (Å²) in [6.45, 7) is 4.78. The van der Waals surface area contributed by atoms with Crippen LogP contribution in [0.15, 0.2) is 0 Å². The van der Waals surface area contributed by atoms with Gasteiger partial charge in [0.05, 0.1) is 0 Å². The van der Waals surface area contributed by atoms with Gasteiger partial charge in [-0.25, -0.2) is 0 Å². The lowest BCUT2D eigenvalue weighted by Crippen LogP contribution is -2.13. The van der Waals surface area contributed by atoms with Crippen LogP contribution in [-0.4, -0.2) is 29.4 Å². The first-order valence-electron chi connectivity index (χ1n) is 4.45. The first kappa shape index (κ1) is 13.0. The maximum atomic E-state index is 5.69. The van der Waals surface area contributed by atoms with E-state index in [0.29, 0.717) is 0 Å². The van der Waals surface area contributed by atoms with Crippen LogP contribution in [0.2, 0.25) is 37.3 Å². The molecule has 0 unspecified atom stereocenters. The Bertz CT molecular complexity index is 89.1. The van der Waals surface area contributed by atoms with Crippen LogP contribution in [0.25, 0.3) is 0 Å². The van der Waals surface area contributed by atoms with Crippen LogP contribution in [0.1, 0.15) is 0 Å². The van der Waals surface area contributed by atoms with Gasteiger partial charge < -0.3 is 0 Å². The van der Waals surface area contributed by atoms with E-state index in [4.69, 9.17) is 23.2 Å². The molecule has 0 atom stereocenters. The normalized spacial score (nSPS) is 11.5. The Morgan fingerprint density at radius 3 is 1.33 bits per heavy atom. The van der Waals surface area contributed by atoms with Crippen LogP contribution < -0.4 is 0 Å². The molecular formula is C8H18Cl2Si2. The smallest absolute Gasteiger partial charge is 0.0455 e. The maximum absolute atomic E-state index is 5.69. The third-order valence-electron chi connectivity index (χ3n) is 2.02. The molecule has 0 aliphatic carbocycles. The largest absolute Gasteiger partial charge is 0.127 e. The zero-order valence-corrected chi connectivity index (χ0v) is 11.5. The highest BCUT2D eigenvalue weighted by Gasteiger charge is 2.08. The van der Waals surface area contributed by atoms with Gasteiger partial charge in [0.2, 0.25) is 0 Å². The predicted molar refractivity (Wildman–Crippen MR) is 63.9 cm³/mol. The summed E-state index contributed by atoms with van der Waals surface area (Å²) in [7, 11) is -0.206. The van der Waals surface area contributed by atoms with Crippen molar-refractivity contribution in [2.45, 2.75) is 37.3 Å². The average molecular weight is 241 g/mol. The summed E-state index contributed by atoms with van der Waals surface area (Å²) in [6, 6.07) is 5.42. The fourth-order valence-corrected chi connectivity index (χ4v) is 7.49. The molecule has 4 heteroatoms. The molecule has 0 heterocycles. The Kier molecular flexibility index (Phi) is 9.33. The zero-order chi connectivity index (χ0) is 9.40. The topological polar surface area (TPSA) is 0 Å². The molecule has 72 valence electrons. The van der Waals surface area contributed by atoms with Gasteiger partial charge in [-0.2, -0.15) is 0 Å². The van der Waals surface area contributed by atoms with Crippen molar-refractivity contribution in [3.05, 3.63) is 0 Å². The summed E-state index contributed by atoms with van der Waals surface area (Å²) >= 11 is 11.4. The number of alkyl halides is 2. The second-order valence-electron chi connectivity index (χ2n) is 3.29. The number of rotatable bonds is 7. The van der Waals surface area contributed by atoms with Gasteiger partial charge in [0.1, 0.15) is 0 Å². The predicted octanol–water partition coefficient (Wildman–Crippen LogP) is 3.71. The van der Waals surface area contributed by atoms with Crippen molar-refractivity contribution >= 4 is 40.8 Å². The Hall–Kier alpha value is 1.01. The molecule has 0 aromatic heterocycles. The highest BCUT2D eigenvalue weighted by atomic mass is 35.5. The van der Waals surface area contributed by atoms with E-state index in [0.717, 1.165) is 11.8 Å². The van der Waals surface area contributed by atoms with Gasteiger partial charge in [-0.15, -0.1) is 23.2 Å². The molecule has 0 saturated carbocycles. The highest BCUT2D eigenvalue weighted by molar-refractivity contribution is 6.63. The van der Waals surface area contributed by atoms with Crippen LogP contribution in [0.4, 0.5) is 0 Å². The molecular weight excluding hydrogens is 223 g/mol. The van der Waals surface area contributed by atoms with Crippen LogP contribution in [0.3, 0.4) is 0 Å². The van der Waals surface area contributed by atoms with E-state index >= 15 is 0 Å². The Morgan fingerprint density at radius 2 is 1.08 bits per heavy atom. The van der Waals surface area contributed by atoms with Gasteiger partial charge in [-0.3, -0.25) is 0 Å². The average Bonchev–Trinajstić information content (AvgIpc) is 2.02. The number of hydrogen-bond acceptors (Lipinski definition) is 0. The van der Waals surface area contributed by atoms with E-state index in [1.165, 1.54) is 24.2 Å². The number of halogens is 2.